The fourth-order valence-corrected chi connectivity index (χ4v) is 4.05. The molecule has 1 N–H and O–H groups in total. The van der Waals surface area contributed by atoms with Gasteiger partial charge in [0, 0.05) is 17.8 Å². The Morgan fingerprint density at radius 1 is 1.05 bits per heavy atom. The van der Waals surface area contributed by atoms with Gasteiger partial charge in [0.1, 0.15) is 0 Å². The molecule has 1 saturated carbocycles. The Balaban J connectivity index is 1.49. The molecule has 0 spiro atoms. The first-order valence-electron chi connectivity index (χ1n) is 9.09. The van der Waals surface area contributed by atoms with Gasteiger partial charge in [0.15, 0.2) is 5.13 Å². The first-order valence-corrected chi connectivity index (χ1v) is 9.97. The van der Waals surface area contributed by atoms with Gasteiger partial charge in [0.25, 0.3) is 0 Å². The van der Waals surface area contributed by atoms with E-state index in [-0.39, 0.29) is 0 Å². The van der Waals surface area contributed by atoms with Crippen molar-refractivity contribution >= 4 is 16.5 Å². The van der Waals surface area contributed by atoms with Crippen LogP contribution in [-0.2, 0) is 0 Å². The average molecular weight is 309 g/mol. The molecular formula is C18H32N2S. The number of unbranched alkanes of at least 4 members (excludes halogenated alkanes) is 7. The Bertz CT molecular complexity index is 369. The van der Waals surface area contributed by atoms with Gasteiger partial charge < -0.3 is 5.32 Å². The lowest BCUT2D eigenvalue weighted by molar-refractivity contribution is 0.581. The molecular weight excluding hydrogens is 276 g/mol. The lowest BCUT2D eigenvalue weighted by Gasteiger charge is -2.05. The molecule has 0 aromatic carbocycles. The molecule has 3 heteroatoms. The average Bonchev–Trinajstić information content (AvgIpc) is 3.16. The molecule has 0 radical (unpaired) electrons. The van der Waals surface area contributed by atoms with Crippen molar-refractivity contribution in [2.24, 2.45) is 0 Å². The number of rotatable bonds is 11. The Hall–Kier alpha value is -0.570. The summed E-state index contributed by atoms with van der Waals surface area (Å²) in [6.07, 6.45) is 16.6. The molecule has 0 amide bonds. The van der Waals surface area contributed by atoms with Crippen molar-refractivity contribution in [3.63, 3.8) is 0 Å². The minimum atomic E-state index is 0.750. The molecule has 0 bridgehead atoms. The minimum absolute atomic E-state index is 0.750. The molecule has 1 aliphatic carbocycles. The third kappa shape index (κ3) is 6.37. The van der Waals surface area contributed by atoms with Crippen molar-refractivity contribution in [3.05, 3.63) is 11.1 Å². The van der Waals surface area contributed by atoms with Gasteiger partial charge in [-0.3, -0.25) is 0 Å². The number of nitrogens with one attached hydrogen (secondary N) is 1. The highest BCUT2D eigenvalue weighted by Gasteiger charge is 2.19. The van der Waals surface area contributed by atoms with E-state index in [1.54, 1.807) is 11.3 Å². The fraction of sp³-hybridized carbons (Fsp3) is 0.833. The number of hydrogen-bond donors (Lipinski definition) is 1. The Labute approximate surface area is 134 Å². The van der Waals surface area contributed by atoms with Crippen molar-refractivity contribution in [2.75, 3.05) is 11.9 Å². The van der Waals surface area contributed by atoms with E-state index in [2.05, 4.69) is 17.6 Å². The van der Waals surface area contributed by atoms with Gasteiger partial charge in [-0.25, -0.2) is 4.98 Å². The Kier molecular flexibility index (Phi) is 8.16. The summed E-state index contributed by atoms with van der Waals surface area (Å²) in [5.41, 5.74) is 1.34. The lowest BCUT2D eigenvalue weighted by Crippen LogP contribution is -2.01. The van der Waals surface area contributed by atoms with E-state index in [9.17, 15) is 0 Å². The quantitative estimate of drug-likeness (QED) is 0.481. The SMILES string of the molecule is CCCCCCCCCCNc1nc(C2CCCC2)cs1. The van der Waals surface area contributed by atoms with Crippen LogP contribution in [0.2, 0.25) is 0 Å². The third-order valence-corrected chi connectivity index (χ3v) is 5.42. The molecule has 0 atom stereocenters. The van der Waals surface area contributed by atoms with Gasteiger partial charge in [0.2, 0.25) is 0 Å². The van der Waals surface area contributed by atoms with E-state index in [1.807, 2.05) is 0 Å². The van der Waals surface area contributed by atoms with Crippen LogP contribution in [-0.4, -0.2) is 11.5 Å². The second-order valence-corrected chi connectivity index (χ2v) is 7.32. The van der Waals surface area contributed by atoms with E-state index in [0.29, 0.717) is 0 Å². The summed E-state index contributed by atoms with van der Waals surface area (Å²) in [5, 5.41) is 6.92. The summed E-state index contributed by atoms with van der Waals surface area (Å²) in [4.78, 5) is 4.77. The predicted molar refractivity (Wildman–Crippen MR) is 94.4 cm³/mol. The van der Waals surface area contributed by atoms with Gasteiger partial charge in [-0.1, -0.05) is 64.7 Å². The number of hydrogen-bond acceptors (Lipinski definition) is 3. The highest BCUT2D eigenvalue weighted by atomic mass is 32.1. The highest BCUT2D eigenvalue weighted by Crippen LogP contribution is 2.35. The molecule has 21 heavy (non-hydrogen) atoms. The van der Waals surface area contributed by atoms with Crippen LogP contribution in [0.3, 0.4) is 0 Å². The summed E-state index contributed by atoms with van der Waals surface area (Å²) in [7, 11) is 0. The maximum atomic E-state index is 4.77. The summed E-state index contributed by atoms with van der Waals surface area (Å²) in [6, 6.07) is 0. The maximum absolute atomic E-state index is 4.77. The largest absolute Gasteiger partial charge is 0.362 e. The predicted octanol–water partition coefficient (Wildman–Crippen LogP) is 6.35. The molecule has 1 heterocycles. The zero-order valence-electron chi connectivity index (χ0n) is 13.7. The molecule has 2 nitrogen and oxygen atoms in total. The smallest absolute Gasteiger partial charge is 0.182 e. The fourth-order valence-electron chi connectivity index (χ4n) is 3.23. The van der Waals surface area contributed by atoms with E-state index >= 15 is 0 Å². The lowest BCUT2D eigenvalue weighted by atomic mass is 10.1. The third-order valence-electron chi connectivity index (χ3n) is 4.60. The van der Waals surface area contributed by atoms with Crippen molar-refractivity contribution in [2.45, 2.75) is 89.9 Å². The van der Waals surface area contributed by atoms with Crippen LogP contribution < -0.4 is 5.32 Å². The Morgan fingerprint density at radius 3 is 2.43 bits per heavy atom. The Morgan fingerprint density at radius 2 is 1.71 bits per heavy atom. The van der Waals surface area contributed by atoms with Crippen LogP contribution in [0.4, 0.5) is 5.13 Å². The van der Waals surface area contributed by atoms with E-state index < -0.39 is 0 Å². The van der Waals surface area contributed by atoms with E-state index in [1.165, 1.54) is 82.7 Å². The monoisotopic (exact) mass is 308 g/mol. The molecule has 2 rings (SSSR count). The van der Waals surface area contributed by atoms with Crippen LogP contribution >= 0.6 is 11.3 Å². The van der Waals surface area contributed by atoms with Gasteiger partial charge in [0.05, 0.1) is 5.69 Å². The molecule has 0 unspecified atom stereocenters. The standard InChI is InChI=1S/C18H32N2S/c1-2-3-4-5-6-7-8-11-14-19-18-20-17(15-21-18)16-12-9-10-13-16/h15-16H,2-14H2,1H3,(H,19,20). The van der Waals surface area contributed by atoms with Crippen molar-refractivity contribution in [1.29, 1.82) is 0 Å². The van der Waals surface area contributed by atoms with Gasteiger partial charge in [-0.05, 0) is 19.3 Å². The molecule has 1 aliphatic rings. The van der Waals surface area contributed by atoms with Crippen LogP contribution in [0.15, 0.2) is 5.38 Å². The second-order valence-electron chi connectivity index (χ2n) is 6.46. The molecule has 1 aromatic heterocycles. The maximum Gasteiger partial charge on any atom is 0.182 e. The summed E-state index contributed by atoms with van der Waals surface area (Å²) in [6.45, 7) is 3.37. The van der Waals surface area contributed by atoms with Crippen LogP contribution in [0.25, 0.3) is 0 Å². The van der Waals surface area contributed by atoms with Gasteiger partial charge in [-0.15, -0.1) is 11.3 Å². The van der Waals surface area contributed by atoms with E-state index in [4.69, 9.17) is 4.98 Å². The number of anilines is 1. The zero-order chi connectivity index (χ0) is 14.8. The van der Waals surface area contributed by atoms with Crippen LogP contribution in [0.5, 0.6) is 0 Å². The number of nitrogens with zero attached hydrogens (tertiary/aromatic N) is 1. The summed E-state index contributed by atoms with van der Waals surface area (Å²) in [5.74, 6) is 0.750. The van der Waals surface area contributed by atoms with Crippen molar-refractivity contribution in [3.8, 4) is 0 Å². The van der Waals surface area contributed by atoms with Crippen LogP contribution in [0.1, 0.15) is 95.6 Å². The summed E-state index contributed by atoms with van der Waals surface area (Å²) >= 11 is 1.79. The second kappa shape index (κ2) is 10.2. The van der Waals surface area contributed by atoms with Crippen molar-refractivity contribution < 1.29 is 0 Å². The zero-order valence-corrected chi connectivity index (χ0v) is 14.5. The molecule has 0 aliphatic heterocycles. The summed E-state index contributed by atoms with van der Waals surface area (Å²) < 4.78 is 0. The van der Waals surface area contributed by atoms with Gasteiger partial charge >= 0.3 is 0 Å². The first-order chi connectivity index (χ1) is 10.4. The topological polar surface area (TPSA) is 24.9 Å². The van der Waals surface area contributed by atoms with Gasteiger partial charge in [-0.2, -0.15) is 0 Å². The first kappa shape index (κ1) is 16.8. The number of aromatic nitrogens is 1. The van der Waals surface area contributed by atoms with Crippen molar-refractivity contribution in [1.82, 2.24) is 4.98 Å². The molecule has 120 valence electrons. The highest BCUT2D eigenvalue weighted by molar-refractivity contribution is 7.13. The normalized spacial score (nSPS) is 15.7. The number of thiazole rings is 1. The minimum Gasteiger partial charge on any atom is -0.362 e. The van der Waals surface area contributed by atoms with Crippen LogP contribution in [0, 0.1) is 0 Å². The molecule has 1 aromatic rings. The van der Waals surface area contributed by atoms with E-state index in [0.717, 1.165) is 17.6 Å². The molecule has 0 saturated heterocycles. The molecule has 1 fully saturated rings.